The van der Waals surface area contributed by atoms with Gasteiger partial charge in [0, 0.05) is 43.4 Å². The Morgan fingerprint density at radius 2 is 2.00 bits per heavy atom. The van der Waals surface area contributed by atoms with Gasteiger partial charge < -0.3 is 20.9 Å². The second-order valence-electron chi connectivity index (χ2n) is 5.51. The standard InChI is InChI=1S/C16H23ClN4O2/c1-3-19-16(23)21-8-6-12(7-9-21)20-15(22)13-10-11(17)4-5-14(13)18-2/h4-5,10,12,18H,3,6-9H2,1-2H3,(H,19,23)(H,20,22). The summed E-state index contributed by atoms with van der Waals surface area (Å²) in [5, 5.41) is 9.35. The highest BCUT2D eigenvalue weighted by Crippen LogP contribution is 2.21. The Kier molecular flexibility index (Phi) is 6.10. The van der Waals surface area contributed by atoms with Gasteiger partial charge in [0.1, 0.15) is 0 Å². The Morgan fingerprint density at radius 3 is 2.61 bits per heavy atom. The first kappa shape index (κ1) is 17.4. The minimum Gasteiger partial charge on any atom is -0.387 e. The van der Waals surface area contributed by atoms with Crippen molar-refractivity contribution in [1.29, 1.82) is 0 Å². The minimum absolute atomic E-state index is 0.0374. The number of amides is 3. The van der Waals surface area contributed by atoms with Crippen LogP contribution in [0.25, 0.3) is 0 Å². The zero-order valence-electron chi connectivity index (χ0n) is 13.5. The number of rotatable bonds is 4. The molecule has 1 aliphatic rings. The number of halogens is 1. The lowest BCUT2D eigenvalue weighted by atomic mass is 10.0. The van der Waals surface area contributed by atoms with Crippen molar-refractivity contribution >= 4 is 29.2 Å². The molecule has 0 aliphatic carbocycles. The number of urea groups is 1. The van der Waals surface area contributed by atoms with Crippen molar-refractivity contribution in [3.05, 3.63) is 28.8 Å². The third-order valence-corrected chi connectivity index (χ3v) is 4.18. The molecule has 0 atom stereocenters. The van der Waals surface area contributed by atoms with Crippen molar-refractivity contribution in [2.45, 2.75) is 25.8 Å². The molecule has 0 spiro atoms. The molecule has 0 aromatic heterocycles. The number of nitrogens with one attached hydrogen (secondary N) is 3. The molecule has 1 heterocycles. The van der Waals surface area contributed by atoms with Crippen molar-refractivity contribution in [3.63, 3.8) is 0 Å². The lowest BCUT2D eigenvalue weighted by Gasteiger charge is -2.32. The van der Waals surface area contributed by atoms with Gasteiger partial charge in [-0.25, -0.2) is 4.79 Å². The van der Waals surface area contributed by atoms with Crippen LogP contribution in [0.5, 0.6) is 0 Å². The van der Waals surface area contributed by atoms with Crippen LogP contribution in [-0.4, -0.2) is 49.6 Å². The summed E-state index contributed by atoms with van der Waals surface area (Å²) in [5.41, 5.74) is 1.28. The van der Waals surface area contributed by atoms with Crippen LogP contribution in [0.15, 0.2) is 18.2 Å². The maximum absolute atomic E-state index is 12.5. The number of anilines is 1. The molecular formula is C16H23ClN4O2. The number of carbonyl (C=O) groups is 2. The van der Waals surface area contributed by atoms with Crippen LogP contribution in [0.1, 0.15) is 30.1 Å². The molecule has 3 N–H and O–H groups in total. The average molecular weight is 339 g/mol. The van der Waals surface area contributed by atoms with E-state index >= 15 is 0 Å². The van der Waals surface area contributed by atoms with Crippen LogP contribution < -0.4 is 16.0 Å². The summed E-state index contributed by atoms with van der Waals surface area (Å²) in [6, 6.07) is 5.22. The average Bonchev–Trinajstić information content (AvgIpc) is 2.55. The summed E-state index contributed by atoms with van der Waals surface area (Å²) in [7, 11) is 1.77. The first-order valence-corrected chi connectivity index (χ1v) is 8.24. The van der Waals surface area contributed by atoms with Gasteiger partial charge in [0.05, 0.1) is 5.56 Å². The lowest BCUT2D eigenvalue weighted by Crippen LogP contribution is -2.49. The topological polar surface area (TPSA) is 73.5 Å². The molecule has 3 amide bonds. The molecule has 23 heavy (non-hydrogen) atoms. The van der Waals surface area contributed by atoms with E-state index in [1.165, 1.54) is 0 Å². The van der Waals surface area contributed by atoms with Crippen LogP contribution >= 0.6 is 11.6 Å². The van der Waals surface area contributed by atoms with E-state index in [0.29, 0.717) is 30.2 Å². The van der Waals surface area contributed by atoms with E-state index < -0.39 is 0 Å². The summed E-state index contributed by atoms with van der Waals surface area (Å²) in [6.07, 6.45) is 1.50. The Labute approximate surface area is 141 Å². The van der Waals surface area contributed by atoms with E-state index in [2.05, 4.69) is 16.0 Å². The molecule has 126 valence electrons. The first-order chi connectivity index (χ1) is 11.0. The van der Waals surface area contributed by atoms with Gasteiger partial charge in [-0.1, -0.05) is 11.6 Å². The SMILES string of the molecule is CCNC(=O)N1CCC(NC(=O)c2cc(Cl)ccc2NC)CC1. The van der Waals surface area contributed by atoms with E-state index in [-0.39, 0.29) is 18.0 Å². The van der Waals surface area contributed by atoms with Crippen LogP contribution in [0.2, 0.25) is 5.02 Å². The fourth-order valence-corrected chi connectivity index (χ4v) is 2.85. The predicted octanol–water partition coefficient (Wildman–Crippen LogP) is 2.31. The number of likely N-dealkylation sites (tertiary alicyclic amines) is 1. The van der Waals surface area contributed by atoms with Crippen molar-refractivity contribution in [1.82, 2.24) is 15.5 Å². The first-order valence-electron chi connectivity index (χ1n) is 7.86. The van der Waals surface area contributed by atoms with Crippen LogP contribution in [0.4, 0.5) is 10.5 Å². The largest absolute Gasteiger partial charge is 0.387 e. The molecule has 0 bridgehead atoms. The van der Waals surface area contributed by atoms with Gasteiger partial charge in [0.25, 0.3) is 5.91 Å². The zero-order valence-corrected chi connectivity index (χ0v) is 14.2. The summed E-state index contributed by atoms with van der Waals surface area (Å²) < 4.78 is 0. The molecule has 1 fully saturated rings. The number of carbonyl (C=O) groups excluding carboxylic acids is 2. The summed E-state index contributed by atoms with van der Waals surface area (Å²) >= 11 is 5.99. The third-order valence-electron chi connectivity index (χ3n) is 3.94. The smallest absolute Gasteiger partial charge is 0.317 e. The summed E-state index contributed by atoms with van der Waals surface area (Å²) in [4.78, 5) is 26.0. The number of benzene rings is 1. The fraction of sp³-hybridized carbons (Fsp3) is 0.500. The van der Waals surface area contributed by atoms with Crippen molar-refractivity contribution in [2.75, 3.05) is 32.0 Å². The Hall–Kier alpha value is -1.95. The van der Waals surface area contributed by atoms with Crippen LogP contribution in [-0.2, 0) is 0 Å². The molecule has 1 aromatic carbocycles. The van der Waals surface area contributed by atoms with Gasteiger partial charge >= 0.3 is 6.03 Å². The van der Waals surface area contributed by atoms with Crippen molar-refractivity contribution in [3.8, 4) is 0 Å². The molecular weight excluding hydrogens is 316 g/mol. The number of hydrogen-bond donors (Lipinski definition) is 3. The van der Waals surface area contributed by atoms with Gasteiger partial charge in [-0.15, -0.1) is 0 Å². The van der Waals surface area contributed by atoms with Gasteiger partial charge in [0.2, 0.25) is 0 Å². The maximum atomic E-state index is 12.5. The van der Waals surface area contributed by atoms with Crippen molar-refractivity contribution < 1.29 is 9.59 Å². The molecule has 0 saturated carbocycles. The van der Waals surface area contributed by atoms with E-state index in [1.807, 2.05) is 6.92 Å². The Morgan fingerprint density at radius 1 is 1.30 bits per heavy atom. The van der Waals surface area contributed by atoms with E-state index in [4.69, 9.17) is 11.6 Å². The minimum atomic E-state index is -0.145. The van der Waals surface area contributed by atoms with E-state index in [9.17, 15) is 9.59 Å². The van der Waals surface area contributed by atoms with Gasteiger partial charge in [-0.2, -0.15) is 0 Å². The Bertz CT molecular complexity index is 571. The molecule has 1 saturated heterocycles. The van der Waals surface area contributed by atoms with E-state index in [0.717, 1.165) is 18.5 Å². The van der Waals surface area contributed by atoms with Gasteiger partial charge in [-0.3, -0.25) is 4.79 Å². The monoisotopic (exact) mass is 338 g/mol. The molecule has 1 aromatic rings. The van der Waals surface area contributed by atoms with Crippen LogP contribution in [0, 0.1) is 0 Å². The molecule has 1 aliphatic heterocycles. The number of hydrogen-bond acceptors (Lipinski definition) is 3. The second kappa shape index (κ2) is 8.06. The quantitative estimate of drug-likeness (QED) is 0.788. The Balaban J connectivity index is 1.93. The molecule has 0 radical (unpaired) electrons. The molecule has 2 rings (SSSR count). The van der Waals surface area contributed by atoms with Gasteiger partial charge in [0.15, 0.2) is 0 Å². The highest BCUT2D eigenvalue weighted by atomic mass is 35.5. The summed E-state index contributed by atoms with van der Waals surface area (Å²) in [6.45, 7) is 3.81. The van der Waals surface area contributed by atoms with Crippen molar-refractivity contribution in [2.24, 2.45) is 0 Å². The highest BCUT2D eigenvalue weighted by molar-refractivity contribution is 6.31. The maximum Gasteiger partial charge on any atom is 0.317 e. The highest BCUT2D eigenvalue weighted by Gasteiger charge is 2.24. The van der Waals surface area contributed by atoms with Crippen LogP contribution in [0.3, 0.4) is 0 Å². The number of piperidine rings is 1. The zero-order chi connectivity index (χ0) is 16.8. The second-order valence-corrected chi connectivity index (χ2v) is 5.95. The molecule has 6 nitrogen and oxygen atoms in total. The van der Waals surface area contributed by atoms with E-state index in [1.54, 1.807) is 30.1 Å². The predicted molar refractivity (Wildman–Crippen MR) is 92.1 cm³/mol. The molecule has 0 unspecified atom stereocenters. The van der Waals surface area contributed by atoms with Gasteiger partial charge in [-0.05, 0) is 38.0 Å². The summed E-state index contributed by atoms with van der Waals surface area (Å²) in [5.74, 6) is -0.145. The normalized spacial score (nSPS) is 15.2. The number of nitrogens with zero attached hydrogens (tertiary/aromatic N) is 1. The lowest BCUT2D eigenvalue weighted by molar-refractivity contribution is 0.0919. The molecule has 7 heteroatoms. The third kappa shape index (κ3) is 4.51. The fourth-order valence-electron chi connectivity index (χ4n) is 2.68.